The first-order chi connectivity index (χ1) is 8.74. The van der Waals surface area contributed by atoms with E-state index < -0.39 is 5.97 Å². The van der Waals surface area contributed by atoms with E-state index in [1.807, 2.05) is 0 Å². The summed E-state index contributed by atoms with van der Waals surface area (Å²) in [6, 6.07) is 3.50. The van der Waals surface area contributed by atoms with Crippen molar-refractivity contribution in [3.05, 3.63) is 24.3 Å². The number of furan rings is 1. The Balaban J connectivity index is 1.77. The molecular weight excluding hydrogens is 236 g/mol. The average Bonchev–Trinajstić information content (AvgIpc) is 3.10. The Morgan fingerprint density at radius 2 is 2.33 bits per heavy atom. The summed E-state index contributed by atoms with van der Waals surface area (Å²) in [5, 5.41) is 12.8. The summed E-state index contributed by atoms with van der Waals surface area (Å²) in [4.78, 5) is 15.2. The quantitative estimate of drug-likeness (QED) is 0.896. The topological polar surface area (TPSA) is 89.4 Å². The van der Waals surface area contributed by atoms with Gasteiger partial charge in [0.1, 0.15) is 0 Å². The van der Waals surface area contributed by atoms with Crippen LogP contribution >= 0.6 is 0 Å². The zero-order valence-electron chi connectivity index (χ0n) is 9.57. The van der Waals surface area contributed by atoms with E-state index in [4.69, 9.17) is 14.0 Å². The Hall–Kier alpha value is -2.11. The molecule has 2 aromatic rings. The molecule has 0 radical (unpaired) electrons. The molecular formula is C12H12N2O4. The smallest absolute Gasteiger partial charge is 0.306 e. The predicted molar refractivity (Wildman–Crippen MR) is 59.7 cm³/mol. The monoisotopic (exact) mass is 248 g/mol. The number of hydrogen-bond acceptors (Lipinski definition) is 5. The van der Waals surface area contributed by atoms with Crippen LogP contribution in [0.25, 0.3) is 11.6 Å². The molecule has 18 heavy (non-hydrogen) atoms. The van der Waals surface area contributed by atoms with Crippen LogP contribution in [0.5, 0.6) is 0 Å². The van der Waals surface area contributed by atoms with E-state index in [9.17, 15) is 4.79 Å². The van der Waals surface area contributed by atoms with E-state index in [2.05, 4.69) is 10.1 Å². The summed E-state index contributed by atoms with van der Waals surface area (Å²) in [7, 11) is 0. The van der Waals surface area contributed by atoms with Crippen molar-refractivity contribution in [2.24, 2.45) is 5.92 Å². The van der Waals surface area contributed by atoms with Gasteiger partial charge in [0.25, 0.3) is 0 Å². The van der Waals surface area contributed by atoms with E-state index >= 15 is 0 Å². The fraction of sp³-hybridized carbons (Fsp3) is 0.417. The standard InChI is InChI=1S/C12H12N2O4/c15-12(16)8-4-3-7(6-8)11-13-10(14-18-11)9-2-1-5-17-9/h1-2,5,7-8H,3-4,6H2,(H,15,16). The zero-order valence-corrected chi connectivity index (χ0v) is 9.57. The van der Waals surface area contributed by atoms with Crippen LogP contribution in [0, 0.1) is 5.92 Å². The third-order valence-electron chi connectivity index (χ3n) is 3.31. The third kappa shape index (κ3) is 1.90. The summed E-state index contributed by atoms with van der Waals surface area (Å²) in [6.45, 7) is 0. The molecule has 94 valence electrons. The second-order valence-corrected chi connectivity index (χ2v) is 4.48. The third-order valence-corrected chi connectivity index (χ3v) is 3.31. The molecule has 2 unspecified atom stereocenters. The van der Waals surface area contributed by atoms with Crippen molar-refractivity contribution in [2.45, 2.75) is 25.2 Å². The maximum atomic E-state index is 10.9. The van der Waals surface area contributed by atoms with Crippen LogP contribution in [-0.4, -0.2) is 21.2 Å². The van der Waals surface area contributed by atoms with Gasteiger partial charge in [-0.15, -0.1) is 0 Å². The zero-order chi connectivity index (χ0) is 12.5. The molecule has 1 aliphatic carbocycles. The lowest BCUT2D eigenvalue weighted by molar-refractivity contribution is -0.141. The van der Waals surface area contributed by atoms with Crippen LogP contribution in [-0.2, 0) is 4.79 Å². The van der Waals surface area contributed by atoms with E-state index in [1.165, 1.54) is 0 Å². The van der Waals surface area contributed by atoms with Gasteiger partial charge in [-0.2, -0.15) is 4.98 Å². The van der Waals surface area contributed by atoms with Crippen molar-refractivity contribution in [1.29, 1.82) is 0 Å². The highest BCUT2D eigenvalue weighted by Crippen LogP contribution is 2.38. The predicted octanol–water partition coefficient (Wildman–Crippen LogP) is 2.30. The first-order valence-corrected chi connectivity index (χ1v) is 5.84. The van der Waals surface area contributed by atoms with E-state index in [-0.39, 0.29) is 11.8 Å². The van der Waals surface area contributed by atoms with Crippen LogP contribution in [0.1, 0.15) is 31.1 Å². The Morgan fingerprint density at radius 3 is 3.00 bits per heavy atom. The fourth-order valence-corrected chi connectivity index (χ4v) is 2.34. The lowest BCUT2D eigenvalue weighted by Gasteiger charge is -2.02. The van der Waals surface area contributed by atoms with Crippen LogP contribution in [0.3, 0.4) is 0 Å². The lowest BCUT2D eigenvalue weighted by Crippen LogP contribution is -2.09. The van der Waals surface area contributed by atoms with Gasteiger partial charge in [0.15, 0.2) is 5.76 Å². The number of aromatic nitrogens is 2. The number of hydrogen-bond donors (Lipinski definition) is 1. The van der Waals surface area contributed by atoms with Gasteiger partial charge in [0.05, 0.1) is 12.2 Å². The Labute approximate surface area is 103 Å². The van der Waals surface area contributed by atoms with Crippen molar-refractivity contribution < 1.29 is 18.8 Å². The molecule has 6 nitrogen and oxygen atoms in total. The first kappa shape index (κ1) is 11.0. The normalized spacial score (nSPS) is 23.3. The number of carbonyl (C=O) groups is 1. The summed E-state index contributed by atoms with van der Waals surface area (Å²) in [5.41, 5.74) is 0. The molecule has 2 atom stereocenters. The lowest BCUT2D eigenvalue weighted by atomic mass is 10.1. The van der Waals surface area contributed by atoms with Crippen molar-refractivity contribution in [3.8, 4) is 11.6 Å². The van der Waals surface area contributed by atoms with Crippen LogP contribution in [0.4, 0.5) is 0 Å². The van der Waals surface area contributed by atoms with Crippen molar-refractivity contribution in [3.63, 3.8) is 0 Å². The number of aliphatic carboxylic acids is 1. The molecule has 1 N–H and O–H groups in total. The Bertz CT molecular complexity index is 546. The molecule has 0 aliphatic heterocycles. The largest absolute Gasteiger partial charge is 0.481 e. The SMILES string of the molecule is O=C(O)C1CCC(c2nc(-c3ccco3)no2)C1. The van der Waals surface area contributed by atoms with Crippen molar-refractivity contribution in [1.82, 2.24) is 10.1 Å². The van der Waals surface area contributed by atoms with Gasteiger partial charge in [-0.3, -0.25) is 4.79 Å². The van der Waals surface area contributed by atoms with Gasteiger partial charge < -0.3 is 14.0 Å². The van der Waals surface area contributed by atoms with Gasteiger partial charge in [-0.25, -0.2) is 0 Å². The summed E-state index contributed by atoms with van der Waals surface area (Å²) >= 11 is 0. The second kappa shape index (κ2) is 4.29. The summed E-state index contributed by atoms with van der Waals surface area (Å²) < 4.78 is 10.4. The molecule has 2 heterocycles. The molecule has 1 fully saturated rings. The molecule has 0 amide bonds. The highest BCUT2D eigenvalue weighted by Gasteiger charge is 2.33. The van der Waals surface area contributed by atoms with Gasteiger partial charge in [0.2, 0.25) is 11.7 Å². The van der Waals surface area contributed by atoms with Gasteiger partial charge in [-0.1, -0.05) is 5.16 Å². The maximum absolute atomic E-state index is 10.9. The number of carboxylic acid groups (broad SMARTS) is 1. The van der Waals surface area contributed by atoms with E-state index in [0.29, 0.717) is 30.3 Å². The van der Waals surface area contributed by atoms with Gasteiger partial charge >= 0.3 is 5.97 Å². The molecule has 1 saturated carbocycles. The Kier molecular flexibility index (Phi) is 2.62. The van der Waals surface area contributed by atoms with Crippen LogP contribution in [0.2, 0.25) is 0 Å². The molecule has 0 spiro atoms. The summed E-state index contributed by atoms with van der Waals surface area (Å²) in [6.07, 6.45) is 3.55. The number of nitrogens with zero attached hydrogens (tertiary/aromatic N) is 2. The molecule has 0 saturated heterocycles. The molecule has 1 aliphatic rings. The van der Waals surface area contributed by atoms with Crippen LogP contribution in [0.15, 0.2) is 27.3 Å². The summed E-state index contributed by atoms with van der Waals surface area (Å²) in [5.74, 6) is 0.469. The minimum atomic E-state index is -0.747. The average molecular weight is 248 g/mol. The van der Waals surface area contributed by atoms with Gasteiger partial charge in [0, 0.05) is 5.92 Å². The molecule has 2 aromatic heterocycles. The highest BCUT2D eigenvalue weighted by atomic mass is 16.5. The molecule has 0 bridgehead atoms. The van der Waals surface area contributed by atoms with E-state index in [1.54, 1.807) is 18.4 Å². The number of carboxylic acids is 1. The minimum Gasteiger partial charge on any atom is -0.481 e. The van der Waals surface area contributed by atoms with Crippen LogP contribution < -0.4 is 0 Å². The maximum Gasteiger partial charge on any atom is 0.306 e. The first-order valence-electron chi connectivity index (χ1n) is 5.84. The Morgan fingerprint density at radius 1 is 1.44 bits per heavy atom. The minimum absolute atomic E-state index is 0.0438. The number of rotatable bonds is 3. The highest BCUT2D eigenvalue weighted by molar-refractivity contribution is 5.70. The molecule has 6 heteroatoms. The molecule has 3 rings (SSSR count). The van der Waals surface area contributed by atoms with Crippen molar-refractivity contribution in [2.75, 3.05) is 0 Å². The molecule has 0 aromatic carbocycles. The van der Waals surface area contributed by atoms with Gasteiger partial charge in [-0.05, 0) is 31.4 Å². The second-order valence-electron chi connectivity index (χ2n) is 4.48. The van der Waals surface area contributed by atoms with Crippen molar-refractivity contribution >= 4 is 5.97 Å². The fourth-order valence-electron chi connectivity index (χ4n) is 2.34. The van der Waals surface area contributed by atoms with E-state index in [0.717, 1.165) is 6.42 Å².